The zero-order valence-corrected chi connectivity index (χ0v) is 11.6. The van der Waals surface area contributed by atoms with Crippen LogP contribution in [0, 0.1) is 0 Å². The molecular weight excluding hydrogens is 282 g/mol. The highest BCUT2D eigenvalue weighted by Crippen LogP contribution is 2.35. The zero-order chi connectivity index (χ0) is 15.5. The first-order valence-corrected chi connectivity index (χ1v) is 6.72. The Morgan fingerprint density at radius 3 is 2.50 bits per heavy atom. The van der Waals surface area contributed by atoms with Gasteiger partial charge in [0.2, 0.25) is 0 Å². The lowest BCUT2D eigenvalue weighted by molar-refractivity contribution is -0.136. The standard InChI is InChI=1S/C17H13NO4/c19-16(20)11-18-13-8-4-5-9-14(13)22-15(17(18)21)10-12-6-2-1-3-7-12/h1-10H,11H2,(H,19,20). The minimum Gasteiger partial charge on any atom is -0.480 e. The summed E-state index contributed by atoms with van der Waals surface area (Å²) in [6.45, 7) is -0.411. The summed E-state index contributed by atoms with van der Waals surface area (Å²) in [6, 6.07) is 16.1. The van der Waals surface area contributed by atoms with Crippen LogP contribution < -0.4 is 9.64 Å². The molecule has 0 bridgehead atoms. The van der Waals surface area contributed by atoms with Gasteiger partial charge in [-0.3, -0.25) is 14.5 Å². The van der Waals surface area contributed by atoms with Gasteiger partial charge in [0.15, 0.2) is 11.5 Å². The van der Waals surface area contributed by atoms with Crippen LogP contribution in [0.3, 0.4) is 0 Å². The molecule has 1 aliphatic heterocycles. The van der Waals surface area contributed by atoms with Crippen LogP contribution in [-0.2, 0) is 9.59 Å². The number of benzene rings is 2. The summed E-state index contributed by atoms with van der Waals surface area (Å²) >= 11 is 0. The van der Waals surface area contributed by atoms with Crippen LogP contribution in [0.4, 0.5) is 5.69 Å². The molecule has 0 radical (unpaired) electrons. The van der Waals surface area contributed by atoms with Gasteiger partial charge in [0, 0.05) is 0 Å². The number of aliphatic carboxylic acids is 1. The lowest BCUT2D eigenvalue weighted by atomic mass is 10.1. The number of carbonyl (C=O) groups excluding carboxylic acids is 1. The quantitative estimate of drug-likeness (QED) is 0.884. The van der Waals surface area contributed by atoms with E-state index in [9.17, 15) is 9.59 Å². The van der Waals surface area contributed by atoms with Crippen molar-refractivity contribution in [2.75, 3.05) is 11.4 Å². The van der Waals surface area contributed by atoms with Gasteiger partial charge in [-0.05, 0) is 23.8 Å². The van der Waals surface area contributed by atoms with E-state index in [1.165, 1.54) is 4.90 Å². The molecule has 0 saturated heterocycles. The van der Waals surface area contributed by atoms with E-state index in [2.05, 4.69) is 0 Å². The van der Waals surface area contributed by atoms with Crippen molar-refractivity contribution in [3.63, 3.8) is 0 Å². The second kappa shape index (κ2) is 5.73. The molecule has 1 N–H and O–H groups in total. The van der Waals surface area contributed by atoms with Gasteiger partial charge in [-0.2, -0.15) is 0 Å². The average molecular weight is 295 g/mol. The van der Waals surface area contributed by atoms with E-state index >= 15 is 0 Å². The molecule has 1 aliphatic rings. The number of amides is 1. The second-order valence-electron chi connectivity index (χ2n) is 4.77. The van der Waals surface area contributed by atoms with Crippen molar-refractivity contribution < 1.29 is 19.4 Å². The third kappa shape index (κ3) is 2.69. The van der Waals surface area contributed by atoms with Crippen LogP contribution in [0.1, 0.15) is 5.56 Å². The van der Waals surface area contributed by atoms with E-state index in [0.29, 0.717) is 11.4 Å². The normalized spacial score (nSPS) is 15.4. The maximum absolute atomic E-state index is 12.5. The summed E-state index contributed by atoms with van der Waals surface area (Å²) in [7, 11) is 0. The molecule has 0 aliphatic carbocycles. The molecule has 22 heavy (non-hydrogen) atoms. The van der Waals surface area contributed by atoms with Crippen LogP contribution in [0.2, 0.25) is 0 Å². The van der Waals surface area contributed by atoms with E-state index in [0.717, 1.165) is 5.56 Å². The maximum atomic E-state index is 12.5. The van der Waals surface area contributed by atoms with Gasteiger partial charge in [-0.1, -0.05) is 42.5 Å². The molecule has 2 aromatic carbocycles. The van der Waals surface area contributed by atoms with E-state index in [1.54, 1.807) is 30.3 Å². The number of carboxylic acids is 1. The largest absolute Gasteiger partial charge is 0.480 e. The third-order valence-electron chi connectivity index (χ3n) is 3.22. The van der Waals surface area contributed by atoms with Gasteiger partial charge >= 0.3 is 5.97 Å². The minimum absolute atomic E-state index is 0.103. The Balaban J connectivity index is 2.03. The summed E-state index contributed by atoms with van der Waals surface area (Å²) in [4.78, 5) is 24.7. The molecule has 0 saturated carbocycles. The van der Waals surface area contributed by atoms with Crippen molar-refractivity contribution in [2.45, 2.75) is 0 Å². The van der Waals surface area contributed by atoms with E-state index < -0.39 is 18.4 Å². The highest BCUT2D eigenvalue weighted by atomic mass is 16.5. The van der Waals surface area contributed by atoms with Crippen molar-refractivity contribution >= 4 is 23.6 Å². The Hall–Kier alpha value is -3.08. The van der Waals surface area contributed by atoms with Crippen molar-refractivity contribution in [3.05, 3.63) is 65.9 Å². The number of carbonyl (C=O) groups is 2. The molecule has 0 fully saturated rings. The van der Waals surface area contributed by atoms with E-state index in [4.69, 9.17) is 9.84 Å². The average Bonchev–Trinajstić information content (AvgIpc) is 2.52. The molecular formula is C17H13NO4. The summed E-state index contributed by atoms with van der Waals surface area (Å²) in [6.07, 6.45) is 1.60. The number of nitrogens with zero attached hydrogens (tertiary/aromatic N) is 1. The first-order chi connectivity index (χ1) is 10.6. The molecule has 110 valence electrons. The monoisotopic (exact) mass is 295 g/mol. The van der Waals surface area contributed by atoms with Crippen LogP contribution in [0.5, 0.6) is 5.75 Å². The van der Waals surface area contributed by atoms with Gasteiger partial charge in [-0.15, -0.1) is 0 Å². The molecule has 3 rings (SSSR count). The number of rotatable bonds is 3. The second-order valence-corrected chi connectivity index (χ2v) is 4.77. The SMILES string of the molecule is O=C(O)CN1C(=O)C(=Cc2ccccc2)Oc2ccccc21. The molecule has 1 heterocycles. The Morgan fingerprint density at radius 1 is 1.09 bits per heavy atom. The lowest BCUT2D eigenvalue weighted by Gasteiger charge is -2.29. The molecule has 0 unspecified atom stereocenters. The van der Waals surface area contributed by atoms with Crippen LogP contribution in [0.25, 0.3) is 6.08 Å². The molecule has 0 atom stereocenters. The number of hydrogen-bond acceptors (Lipinski definition) is 3. The molecule has 0 spiro atoms. The number of para-hydroxylation sites is 2. The zero-order valence-electron chi connectivity index (χ0n) is 11.6. The Kier molecular flexibility index (Phi) is 3.62. The van der Waals surface area contributed by atoms with Gasteiger partial charge in [0.05, 0.1) is 5.69 Å². The Bertz CT molecular complexity index is 752. The predicted molar refractivity (Wildman–Crippen MR) is 81.5 cm³/mol. The fraction of sp³-hybridized carbons (Fsp3) is 0.0588. The topological polar surface area (TPSA) is 66.8 Å². The summed E-state index contributed by atoms with van der Waals surface area (Å²) < 4.78 is 5.64. The molecule has 1 amide bonds. The molecule has 5 heteroatoms. The van der Waals surface area contributed by atoms with Crippen molar-refractivity contribution in [3.8, 4) is 5.75 Å². The minimum atomic E-state index is -1.08. The number of hydrogen-bond donors (Lipinski definition) is 1. The molecule has 2 aromatic rings. The van der Waals surface area contributed by atoms with Gasteiger partial charge in [-0.25, -0.2) is 0 Å². The lowest BCUT2D eigenvalue weighted by Crippen LogP contribution is -2.40. The Morgan fingerprint density at radius 2 is 1.77 bits per heavy atom. The van der Waals surface area contributed by atoms with Crippen LogP contribution in [0.15, 0.2) is 60.4 Å². The summed E-state index contributed by atoms with van der Waals surface area (Å²) in [5.74, 6) is -0.981. The fourth-order valence-electron chi connectivity index (χ4n) is 2.26. The highest BCUT2D eigenvalue weighted by Gasteiger charge is 2.31. The van der Waals surface area contributed by atoms with Crippen LogP contribution in [-0.4, -0.2) is 23.5 Å². The van der Waals surface area contributed by atoms with E-state index in [-0.39, 0.29) is 5.76 Å². The van der Waals surface area contributed by atoms with Crippen molar-refractivity contribution in [2.24, 2.45) is 0 Å². The highest BCUT2D eigenvalue weighted by molar-refractivity contribution is 6.11. The summed E-state index contributed by atoms with van der Waals surface area (Å²) in [5.41, 5.74) is 1.26. The number of fused-ring (bicyclic) bond motifs is 1. The third-order valence-corrected chi connectivity index (χ3v) is 3.22. The number of carboxylic acid groups (broad SMARTS) is 1. The van der Waals surface area contributed by atoms with Crippen LogP contribution >= 0.6 is 0 Å². The summed E-state index contributed by atoms with van der Waals surface area (Å²) in [5, 5.41) is 9.03. The molecule has 5 nitrogen and oxygen atoms in total. The van der Waals surface area contributed by atoms with Crippen molar-refractivity contribution in [1.29, 1.82) is 0 Å². The molecule has 0 aromatic heterocycles. The fourth-order valence-corrected chi connectivity index (χ4v) is 2.26. The first-order valence-electron chi connectivity index (χ1n) is 6.72. The smallest absolute Gasteiger partial charge is 0.323 e. The van der Waals surface area contributed by atoms with Crippen molar-refractivity contribution in [1.82, 2.24) is 0 Å². The Labute approximate surface area is 127 Å². The number of ether oxygens (including phenoxy) is 1. The van der Waals surface area contributed by atoms with E-state index in [1.807, 2.05) is 30.3 Å². The van der Waals surface area contributed by atoms with Gasteiger partial charge in [0.25, 0.3) is 5.91 Å². The van der Waals surface area contributed by atoms with Gasteiger partial charge < -0.3 is 9.84 Å². The van der Waals surface area contributed by atoms with Gasteiger partial charge in [0.1, 0.15) is 6.54 Å². The number of anilines is 1. The predicted octanol–water partition coefficient (Wildman–Crippen LogP) is 2.54. The first kappa shape index (κ1) is 13.9. The maximum Gasteiger partial charge on any atom is 0.323 e.